The van der Waals surface area contributed by atoms with Gasteiger partial charge in [0, 0.05) is 68.2 Å². The van der Waals surface area contributed by atoms with E-state index in [-0.39, 0.29) is 23.3 Å². The van der Waals surface area contributed by atoms with Crippen LogP contribution < -0.4 is 10.2 Å². The second-order valence-corrected chi connectivity index (χ2v) is 11.4. The minimum atomic E-state index is -2.64. The van der Waals surface area contributed by atoms with Crippen LogP contribution in [-0.2, 0) is 16.0 Å². The van der Waals surface area contributed by atoms with Crippen LogP contribution >= 0.6 is 0 Å². The Morgan fingerprint density at radius 2 is 1.80 bits per heavy atom. The lowest BCUT2D eigenvalue weighted by atomic mass is 9.90. The van der Waals surface area contributed by atoms with Crippen LogP contribution in [0.2, 0.25) is 0 Å². The van der Waals surface area contributed by atoms with Crippen LogP contribution in [-0.4, -0.2) is 55.5 Å². The molecule has 0 atom stereocenters. The Bertz CT molecular complexity index is 1280. The van der Waals surface area contributed by atoms with Crippen molar-refractivity contribution in [3.63, 3.8) is 0 Å². The van der Waals surface area contributed by atoms with Gasteiger partial charge in [0.1, 0.15) is 5.84 Å². The fraction of sp³-hybridized carbons (Fsp3) is 0.500. The molecule has 2 N–H and O–H groups in total. The fourth-order valence-corrected chi connectivity index (χ4v) is 6.02. The summed E-state index contributed by atoms with van der Waals surface area (Å²) in [6, 6.07) is 11.7. The first-order valence-corrected chi connectivity index (χ1v) is 14.5. The lowest BCUT2D eigenvalue weighted by molar-refractivity contribution is -0.128. The number of nitrogens with zero attached hydrogens (tertiary/aromatic N) is 2. The van der Waals surface area contributed by atoms with Gasteiger partial charge in [-0.05, 0) is 66.0 Å². The van der Waals surface area contributed by atoms with Gasteiger partial charge in [-0.15, -0.1) is 0 Å². The first-order chi connectivity index (χ1) is 19.2. The van der Waals surface area contributed by atoms with Crippen LogP contribution in [0.3, 0.4) is 0 Å². The van der Waals surface area contributed by atoms with E-state index >= 15 is 0 Å². The number of aryl methyl sites for hydroxylation is 1. The Labute approximate surface area is 235 Å². The zero-order chi connectivity index (χ0) is 28.4. The van der Waals surface area contributed by atoms with E-state index in [1.807, 2.05) is 35.2 Å². The topological polar surface area (TPSA) is 68.7 Å². The monoisotopic (exact) mass is 550 g/mol. The zero-order valence-corrected chi connectivity index (χ0v) is 23.7. The maximum Gasteiger partial charge on any atom is 0.264 e. The summed E-state index contributed by atoms with van der Waals surface area (Å²) < 4.78 is 34.5. The summed E-state index contributed by atoms with van der Waals surface area (Å²) in [6.45, 7) is 8.71. The molecule has 8 heteroatoms. The molecule has 6 nitrogen and oxygen atoms in total. The van der Waals surface area contributed by atoms with Crippen molar-refractivity contribution in [2.24, 2.45) is 0 Å². The molecule has 3 aliphatic heterocycles. The largest absolute Gasteiger partial charge is 0.385 e. The number of anilines is 1. The number of nitrogens with one attached hydrogen (secondary N) is 2. The number of halogens is 2. The van der Waals surface area contributed by atoms with Gasteiger partial charge >= 0.3 is 0 Å². The number of ether oxygens (including phenoxy) is 1. The van der Waals surface area contributed by atoms with E-state index in [4.69, 9.17) is 4.74 Å². The van der Waals surface area contributed by atoms with E-state index in [1.54, 1.807) is 17.9 Å². The average Bonchev–Trinajstić information content (AvgIpc) is 2.96. The fourth-order valence-electron chi connectivity index (χ4n) is 6.02. The van der Waals surface area contributed by atoms with Gasteiger partial charge in [-0.1, -0.05) is 38.1 Å². The Hall–Kier alpha value is -3.26. The lowest BCUT2D eigenvalue weighted by Crippen LogP contribution is -2.46. The predicted molar refractivity (Wildman–Crippen MR) is 155 cm³/mol. The number of hydrogen-bond acceptors (Lipinski definition) is 4. The van der Waals surface area contributed by atoms with Gasteiger partial charge in [0.05, 0.1) is 6.54 Å². The highest BCUT2D eigenvalue weighted by atomic mass is 19.3. The molecule has 1 fully saturated rings. The Morgan fingerprint density at radius 1 is 1.07 bits per heavy atom. The molecule has 0 aliphatic carbocycles. The van der Waals surface area contributed by atoms with Crippen LogP contribution in [0.15, 0.2) is 47.7 Å². The summed E-state index contributed by atoms with van der Waals surface area (Å²) in [5.41, 5.74) is 5.90. The van der Waals surface area contributed by atoms with Crippen molar-refractivity contribution >= 4 is 17.4 Å². The molecule has 0 aromatic heterocycles. The number of amides is 1. The quantitative estimate of drug-likeness (QED) is 0.322. The van der Waals surface area contributed by atoms with E-state index in [2.05, 4.69) is 19.2 Å². The van der Waals surface area contributed by atoms with E-state index in [1.165, 1.54) is 5.56 Å². The molecule has 2 aromatic rings. The molecule has 0 unspecified atom stereocenters. The van der Waals surface area contributed by atoms with E-state index in [0.717, 1.165) is 48.1 Å². The van der Waals surface area contributed by atoms with Crippen LogP contribution in [0.4, 0.5) is 14.5 Å². The Morgan fingerprint density at radius 3 is 2.45 bits per heavy atom. The minimum absolute atomic E-state index is 0.0145. The van der Waals surface area contributed by atoms with Crippen molar-refractivity contribution < 1.29 is 18.3 Å². The number of carbonyl (C=O) groups is 1. The van der Waals surface area contributed by atoms with Gasteiger partial charge in [-0.2, -0.15) is 0 Å². The summed E-state index contributed by atoms with van der Waals surface area (Å²) >= 11 is 0. The second kappa shape index (κ2) is 12.1. The number of benzene rings is 2. The molecule has 1 amide bonds. The molecule has 0 spiro atoms. The Kier molecular flexibility index (Phi) is 8.54. The maximum absolute atomic E-state index is 14.5. The number of alkyl halides is 2. The van der Waals surface area contributed by atoms with Crippen molar-refractivity contribution in [3.05, 3.63) is 64.4 Å². The van der Waals surface area contributed by atoms with Crippen molar-refractivity contribution in [3.8, 4) is 11.1 Å². The van der Waals surface area contributed by atoms with Crippen LogP contribution in [0.5, 0.6) is 0 Å². The third kappa shape index (κ3) is 5.92. The standard InChI is InChI=1S/C32H40F2N4O2/c1-20(2)22-6-8-23(9-7-22)26-17-24-5-4-13-38(30(24)18-27(26)31(33)34)32(35)28-19-37(21(3)39)14-10-29(28)36-25-11-15-40-16-12-25/h6-9,17-18,20,25,31,35-36H,4-5,10-16,19H2,1-3H3. The van der Waals surface area contributed by atoms with E-state index in [0.29, 0.717) is 56.4 Å². The summed E-state index contributed by atoms with van der Waals surface area (Å²) in [5, 5.41) is 13.0. The number of carbonyl (C=O) groups excluding carboxylic acids is 1. The molecule has 0 radical (unpaired) electrons. The number of hydrogen-bond donors (Lipinski definition) is 2. The van der Waals surface area contributed by atoms with Gasteiger partial charge in [0.25, 0.3) is 6.43 Å². The second-order valence-electron chi connectivity index (χ2n) is 11.4. The lowest BCUT2D eigenvalue weighted by Gasteiger charge is -2.38. The smallest absolute Gasteiger partial charge is 0.264 e. The summed E-state index contributed by atoms with van der Waals surface area (Å²) in [5.74, 6) is 0.629. The molecule has 2 aromatic carbocycles. The minimum Gasteiger partial charge on any atom is -0.385 e. The van der Waals surface area contributed by atoms with Crippen LogP contribution in [0.1, 0.15) is 75.5 Å². The highest BCUT2D eigenvalue weighted by Gasteiger charge is 2.31. The molecule has 0 saturated carbocycles. The summed E-state index contributed by atoms with van der Waals surface area (Å²) in [6.07, 6.45) is 1.38. The van der Waals surface area contributed by atoms with Gasteiger partial charge in [-0.25, -0.2) is 8.78 Å². The SMILES string of the molecule is CC(=O)N1CCC(NC2CCOCC2)=C(C(=N)N2CCCc3cc(-c4ccc(C(C)C)cc4)c(C(F)F)cc32)C1. The maximum atomic E-state index is 14.5. The van der Waals surface area contributed by atoms with Gasteiger partial charge in [-0.3, -0.25) is 10.2 Å². The van der Waals surface area contributed by atoms with Crippen molar-refractivity contribution in [2.45, 2.75) is 71.3 Å². The predicted octanol–water partition coefficient (Wildman–Crippen LogP) is 6.42. The highest BCUT2D eigenvalue weighted by Crippen LogP contribution is 2.40. The van der Waals surface area contributed by atoms with E-state index in [9.17, 15) is 19.0 Å². The van der Waals surface area contributed by atoms with Gasteiger partial charge < -0.3 is 19.9 Å². The molecule has 214 valence electrons. The molecule has 40 heavy (non-hydrogen) atoms. The first kappa shape index (κ1) is 28.3. The number of amidine groups is 1. The van der Waals surface area contributed by atoms with Crippen LogP contribution in [0, 0.1) is 5.41 Å². The molecule has 3 aliphatic rings. The normalized spacial score (nSPS) is 18.4. The molecular weight excluding hydrogens is 510 g/mol. The molecule has 3 heterocycles. The highest BCUT2D eigenvalue weighted by molar-refractivity contribution is 6.09. The molecule has 5 rings (SSSR count). The number of fused-ring (bicyclic) bond motifs is 1. The molecule has 0 bridgehead atoms. The van der Waals surface area contributed by atoms with Gasteiger partial charge in [0.15, 0.2) is 0 Å². The molecule has 1 saturated heterocycles. The number of rotatable bonds is 6. The third-order valence-electron chi connectivity index (χ3n) is 8.44. The zero-order valence-electron chi connectivity index (χ0n) is 23.7. The van der Waals surface area contributed by atoms with Crippen molar-refractivity contribution in [2.75, 3.05) is 37.7 Å². The van der Waals surface area contributed by atoms with Crippen LogP contribution in [0.25, 0.3) is 11.1 Å². The van der Waals surface area contributed by atoms with Gasteiger partial charge in [0.2, 0.25) is 5.91 Å². The first-order valence-electron chi connectivity index (χ1n) is 14.5. The summed E-state index contributed by atoms with van der Waals surface area (Å²) in [7, 11) is 0. The summed E-state index contributed by atoms with van der Waals surface area (Å²) in [4.78, 5) is 15.9. The van der Waals surface area contributed by atoms with Crippen molar-refractivity contribution in [1.29, 1.82) is 5.41 Å². The Balaban J connectivity index is 1.51. The van der Waals surface area contributed by atoms with E-state index < -0.39 is 6.43 Å². The van der Waals surface area contributed by atoms with Crippen molar-refractivity contribution in [1.82, 2.24) is 10.2 Å². The third-order valence-corrected chi connectivity index (χ3v) is 8.44. The molecular formula is C32H40F2N4O2. The average molecular weight is 551 g/mol.